The molecule has 0 unspecified atom stereocenters. The van der Waals surface area contributed by atoms with Gasteiger partial charge in [-0.25, -0.2) is 9.97 Å². The Labute approximate surface area is 105 Å². The molecule has 4 N–H and O–H groups in total. The van der Waals surface area contributed by atoms with Crippen molar-refractivity contribution in [1.29, 1.82) is 0 Å². The van der Waals surface area contributed by atoms with E-state index in [4.69, 9.17) is 15.2 Å². The number of rotatable bonds is 4. The van der Waals surface area contributed by atoms with Crippen LogP contribution in [0.25, 0.3) is 0 Å². The molecule has 0 aliphatic carbocycles. The maximum Gasteiger partial charge on any atom is 0.203 e. The Morgan fingerprint density at radius 3 is 2.83 bits per heavy atom. The van der Waals surface area contributed by atoms with Crippen molar-refractivity contribution < 1.29 is 14.6 Å². The zero-order valence-corrected chi connectivity index (χ0v) is 10.3. The molecule has 0 aromatic carbocycles. The summed E-state index contributed by atoms with van der Waals surface area (Å²) >= 11 is 0. The fraction of sp³-hybridized carbons (Fsp3) is 0.636. The zero-order chi connectivity index (χ0) is 13.0. The Morgan fingerprint density at radius 1 is 1.50 bits per heavy atom. The summed E-state index contributed by atoms with van der Waals surface area (Å²) in [6.07, 6.45) is 2.78. The molecule has 1 aliphatic heterocycles. The van der Waals surface area contributed by atoms with Gasteiger partial charge < -0.3 is 25.6 Å². The van der Waals surface area contributed by atoms with Crippen molar-refractivity contribution >= 4 is 11.6 Å². The Kier molecular flexibility index (Phi) is 3.83. The molecule has 0 amide bonds. The van der Waals surface area contributed by atoms with E-state index in [1.807, 2.05) is 0 Å². The second kappa shape index (κ2) is 5.36. The van der Waals surface area contributed by atoms with Gasteiger partial charge in [-0.2, -0.15) is 0 Å². The summed E-state index contributed by atoms with van der Waals surface area (Å²) < 4.78 is 10.5. The summed E-state index contributed by atoms with van der Waals surface area (Å²) in [6, 6.07) is 0. The Bertz CT molecular complexity index is 407. The molecule has 0 atom stereocenters. The number of aromatic nitrogens is 2. The first-order chi connectivity index (χ1) is 8.71. The number of hydrogen-bond acceptors (Lipinski definition) is 7. The topological polar surface area (TPSA) is 103 Å². The molecule has 2 rings (SSSR count). The van der Waals surface area contributed by atoms with Gasteiger partial charge in [0.1, 0.15) is 6.33 Å². The van der Waals surface area contributed by atoms with Gasteiger partial charge in [0.05, 0.1) is 19.3 Å². The van der Waals surface area contributed by atoms with Crippen LogP contribution in [0.1, 0.15) is 12.8 Å². The molecule has 7 nitrogen and oxygen atoms in total. The lowest BCUT2D eigenvalue weighted by molar-refractivity contribution is 0.0377. The van der Waals surface area contributed by atoms with Crippen LogP contribution in [-0.4, -0.2) is 47.5 Å². The highest BCUT2D eigenvalue weighted by atomic mass is 16.5. The third-order valence-corrected chi connectivity index (χ3v) is 3.17. The van der Waals surface area contributed by atoms with Crippen LogP contribution in [0, 0.1) is 0 Å². The average molecular weight is 254 g/mol. The van der Waals surface area contributed by atoms with Gasteiger partial charge in [0.15, 0.2) is 11.6 Å². The van der Waals surface area contributed by atoms with Crippen molar-refractivity contribution in [2.24, 2.45) is 0 Å². The lowest BCUT2D eigenvalue weighted by atomic mass is 9.91. The van der Waals surface area contributed by atoms with Crippen molar-refractivity contribution in [1.82, 2.24) is 9.97 Å². The number of aliphatic hydroxyl groups excluding tert-OH is 1. The largest absolute Gasteiger partial charge is 0.490 e. The first-order valence-electron chi connectivity index (χ1n) is 5.82. The number of ether oxygens (including phenoxy) is 2. The summed E-state index contributed by atoms with van der Waals surface area (Å²) in [5.41, 5.74) is 5.28. The molecule has 1 aromatic heterocycles. The highest BCUT2D eigenvalue weighted by molar-refractivity contribution is 5.62. The molecule has 1 fully saturated rings. The summed E-state index contributed by atoms with van der Waals surface area (Å²) in [4.78, 5) is 7.99. The second-order valence-corrected chi connectivity index (χ2v) is 4.32. The van der Waals surface area contributed by atoms with Crippen molar-refractivity contribution in [3.8, 4) is 5.75 Å². The minimum atomic E-state index is -0.438. The van der Waals surface area contributed by atoms with Gasteiger partial charge in [-0.15, -0.1) is 0 Å². The molecular weight excluding hydrogens is 236 g/mol. The van der Waals surface area contributed by atoms with Gasteiger partial charge in [0.2, 0.25) is 5.75 Å². The van der Waals surface area contributed by atoms with Crippen molar-refractivity contribution in [3.63, 3.8) is 0 Å². The van der Waals surface area contributed by atoms with Crippen LogP contribution in [0.4, 0.5) is 11.6 Å². The number of anilines is 2. The molecule has 0 spiro atoms. The van der Waals surface area contributed by atoms with E-state index in [1.54, 1.807) is 0 Å². The fourth-order valence-corrected chi connectivity index (χ4v) is 2.01. The molecule has 100 valence electrons. The monoisotopic (exact) mass is 254 g/mol. The number of nitrogen functional groups attached to an aromatic ring is 1. The standard InChI is InChI=1S/C11H18N4O3/c1-17-8-9(12)13-7-14-10(8)15-11(6-16)2-4-18-5-3-11/h7,16H,2-6H2,1H3,(H3,12,13,14,15). The highest BCUT2D eigenvalue weighted by Crippen LogP contribution is 2.32. The molecule has 18 heavy (non-hydrogen) atoms. The second-order valence-electron chi connectivity index (χ2n) is 4.32. The minimum Gasteiger partial charge on any atom is -0.490 e. The highest BCUT2D eigenvalue weighted by Gasteiger charge is 2.33. The number of methoxy groups -OCH3 is 1. The molecular formula is C11H18N4O3. The van der Waals surface area contributed by atoms with Crippen LogP contribution in [0.5, 0.6) is 5.75 Å². The van der Waals surface area contributed by atoms with Gasteiger partial charge >= 0.3 is 0 Å². The average Bonchev–Trinajstić information content (AvgIpc) is 2.40. The first-order valence-corrected chi connectivity index (χ1v) is 5.82. The normalized spacial score (nSPS) is 18.3. The van der Waals surface area contributed by atoms with Gasteiger partial charge in [-0.05, 0) is 12.8 Å². The number of nitrogens with one attached hydrogen (secondary N) is 1. The van der Waals surface area contributed by atoms with Crippen molar-refractivity contribution in [2.45, 2.75) is 18.4 Å². The van der Waals surface area contributed by atoms with Gasteiger partial charge in [-0.3, -0.25) is 0 Å². The summed E-state index contributed by atoms with van der Waals surface area (Å²) in [6.45, 7) is 1.22. The Morgan fingerprint density at radius 2 is 2.22 bits per heavy atom. The fourth-order valence-electron chi connectivity index (χ4n) is 2.01. The van der Waals surface area contributed by atoms with Crippen LogP contribution in [0.3, 0.4) is 0 Å². The van der Waals surface area contributed by atoms with Crippen LogP contribution in [0.2, 0.25) is 0 Å². The summed E-state index contributed by atoms with van der Waals surface area (Å²) in [5, 5.41) is 12.8. The molecule has 2 heterocycles. The number of hydrogen-bond donors (Lipinski definition) is 3. The third kappa shape index (κ3) is 2.46. The van der Waals surface area contributed by atoms with E-state index in [9.17, 15) is 5.11 Å². The van der Waals surface area contributed by atoms with E-state index < -0.39 is 5.54 Å². The lowest BCUT2D eigenvalue weighted by Crippen LogP contribution is -2.47. The minimum absolute atomic E-state index is 0.00339. The Hall–Kier alpha value is -1.60. The zero-order valence-electron chi connectivity index (χ0n) is 10.3. The predicted molar refractivity (Wildman–Crippen MR) is 66.5 cm³/mol. The van der Waals surface area contributed by atoms with Crippen LogP contribution >= 0.6 is 0 Å². The van der Waals surface area contributed by atoms with Crippen LogP contribution in [-0.2, 0) is 4.74 Å². The molecule has 1 aliphatic rings. The van der Waals surface area contributed by atoms with Crippen LogP contribution < -0.4 is 15.8 Å². The van der Waals surface area contributed by atoms with Gasteiger partial charge in [-0.1, -0.05) is 0 Å². The van der Waals surface area contributed by atoms with E-state index in [0.29, 0.717) is 37.6 Å². The summed E-state index contributed by atoms with van der Waals surface area (Å²) in [5.74, 6) is 1.17. The molecule has 0 bridgehead atoms. The third-order valence-electron chi connectivity index (χ3n) is 3.17. The van der Waals surface area contributed by atoms with Gasteiger partial charge in [0.25, 0.3) is 0 Å². The molecule has 0 radical (unpaired) electrons. The smallest absolute Gasteiger partial charge is 0.203 e. The molecule has 7 heteroatoms. The maximum atomic E-state index is 9.60. The van der Waals surface area contributed by atoms with Gasteiger partial charge in [0, 0.05) is 13.2 Å². The quantitative estimate of drug-likeness (QED) is 0.696. The maximum absolute atomic E-state index is 9.60. The SMILES string of the molecule is COc1c(N)ncnc1NC1(CO)CCOCC1. The van der Waals surface area contributed by atoms with E-state index in [2.05, 4.69) is 15.3 Å². The van der Waals surface area contributed by atoms with E-state index in [-0.39, 0.29) is 12.4 Å². The van der Waals surface area contributed by atoms with Crippen LogP contribution in [0.15, 0.2) is 6.33 Å². The number of nitrogens with zero attached hydrogens (tertiary/aromatic N) is 2. The molecule has 1 saturated heterocycles. The molecule has 1 aromatic rings. The van der Waals surface area contributed by atoms with E-state index >= 15 is 0 Å². The number of nitrogens with two attached hydrogens (primary N) is 1. The van der Waals surface area contributed by atoms with E-state index in [0.717, 1.165) is 0 Å². The predicted octanol–water partition coefficient (Wildman–Crippen LogP) is 0.0208. The summed E-state index contributed by atoms with van der Waals surface area (Å²) in [7, 11) is 1.51. The Balaban J connectivity index is 2.24. The van der Waals surface area contributed by atoms with E-state index in [1.165, 1.54) is 13.4 Å². The molecule has 0 saturated carbocycles. The van der Waals surface area contributed by atoms with Crippen molar-refractivity contribution in [3.05, 3.63) is 6.33 Å². The van der Waals surface area contributed by atoms with Crippen molar-refractivity contribution in [2.75, 3.05) is 38.0 Å². The number of aliphatic hydroxyl groups is 1. The first kappa shape index (κ1) is 12.8. The lowest BCUT2D eigenvalue weighted by Gasteiger charge is -2.37.